The molecule has 0 rings (SSSR count). The first-order valence-electron chi connectivity index (χ1n) is 0.801. The number of hydrogen-bond donors (Lipinski definition) is 0. The zero-order chi connectivity index (χ0) is 4.12. The molecule has 0 aromatic carbocycles. The molecular weight excluding hydrogens is 108 g/mol. The van der Waals surface area contributed by atoms with Crippen LogP contribution in [0.1, 0.15) is 0 Å². The molecule has 0 spiro atoms. The third-order valence-electron chi connectivity index (χ3n) is 0.0791. The molecule has 0 atom stereocenters. The minimum atomic E-state index is 0. The van der Waals surface area contributed by atoms with E-state index in [0.717, 1.165) is 0 Å². The van der Waals surface area contributed by atoms with Gasteiger partial charge in [0.15, 0.2) is 0 Å². The summed E-state index contributed by atoms with van der Waals surface area (Å²) in [7, 11) is 0. The van der Waals surface area contributed by atoms with Crippen LogP contribution in [0.2, 0.25) is 0 Å². The number of nitriles is 2. The molecule has 0 radical (unpaired) electrons. The predicted octanol–water partition coefficient (Wildman–Crippen LogP) is 0.0311. The van der Waals surface area contributed by atoms with Crippen molar-refractivity contribution in [1.82, 2.24) is 0 Å². The van der Waals surface area contributed by atoms with Crippen molar-refractivity contribution in [2.75, 3.05) is 0 Å². The summed E-state index contributed by atoms with van der Waals surface area (Å²) in [5.74, 6) is 0. The van der Waals surface area contributed by atoms with Gasteiger partial charge in [-0.1, -0.05) is 0 Å². The van der Waals surface area contributed by atoms with Crippen molar-refractivity contribution in [2.45, 2.75) is 0 Å². The standard InChI is InChI=1S/2CN.Fe/c2*1-2;. The minimum absolute atomic E-state index is 0. The van der Waals surface area contributed by atoms with E-state index in [1.165, 1.54) is 0 Å². The normalized spacial score (nSPS) is 5.20. The molecule has 3 heteroatoms. The molecule has 0 saturated carbocycles. The van der Waals surface area contributed by atoms with Crippen LogP contribution in [-0.2, 0) is 15.0 Å². The van der Waals surface area contributed by atoms with Crippen molar-refractivity contribution in [3.05, 3.63) is 0 Å². The molecule has 0 aromatic heterocycles. The van der Waals surface area contributed by atoms with Gasteiger partial charge in [-0.3, -0.25) is 0 Å². The van der Waals surface area contributed by atoms with Crippen LogP contribution in [-0.4, -0.2) is 0 Å². The molecule has 0 bridgehead atoms. The van der Waals surface area contributed by atoms with Crippen molar-refractivity contribution in [3.63, 3.8) is 0 Å². The molecule has 0 N–H and O–H groups in total. The van der Waals surface area contributed by atoms with Crippen LogP contribution in [0.3, 0.4) is 0 Å². The molecule has 0 heterocycles. The molecule has 0 aliphatic rings. The topological polar surface area (TPSA) is 47.6 Å². The first-order chi connectivity index (χ1) is 2.41. The van der Waals surface area contributed by atoms with Crippen LogP contribution >= 0.6 is 0 Å². The molecule has 0 aromatic rings. The van der Waals surface area contributed by atoms with E-state index in [2.05, 4.69) is 0 Å². The molecule has 2 nitrogen and oxygen atoms in total. The second-order valence-corrected chi connectivity index (χ2v) is 1.02. The number of rotatable bonds is 0. The van der Waals surface area contributed by atoms with Crippen LogP contribution in [0.5, 0.6) is 0 Å². The van der Waals surface area contributed by atoms with Crippen LogP contribution in [0.15, 0.2) is 0 Å². The third-order valence-corrected chi connectivity index (χ3v) is 0.326. The van der Waals surface area contributed by atoms with Gasteiger partial charge in [-0.15, -0.1) is 0 Å². The maximum absolute atomic E-state index is 7.59. The molecule has 0 unspecified atom stereocenters. The van der Waals surface area contributed by atoms with Gasteiger partial charge in [-0.2, -0.15) is 0 Å². The van der Waals surface area contributed by atoms with Crippen LogP contribution < -0.4 is 0 Å². The van der Waals surface area contributed by atoms with E-state index in [-0.39, 0.29) is 15.0 Å². The quantitative estimate of drug-likeness (QED) is 0.411. The summed E-state index contributed by atoms with van der Waals surface area (Å²) in [6, 6.07) is 0. The summed E-state index contributed by atoms with van der Waals surface area (Å²) in [5.41, 5.74) is 0. The fourth-order valence-electron chi connectivity index (χ4n) is 0.0177. The third kappa shape index (κ3) is 3.50. The van der Waals surface area contributed by atoms with E-state index < -0.39 is 0 Å². The Kier molecular flexibility index (Phi) is 3.15. The predicted molar refractivity (Wildman–Crippen MR) is 11.2 cm³/mol. The van der Waals surface area contributed by atoms with Gasteiger partial charge >= 0.3 is 35.4 Å². The SMILES string of the molecule is N#[C][Fe][C]#N. The molecule has 0 aliphatic carbocycles. The van der Waals surface area contributed by atoms with Crippen molar-refractivity contribution in [2.24, 2.45) is 0 Å². The molecule has 0 amide bonds. The Bertz CT molecular complexity index is 72.8. The van der Waals surface area contributed by atoms with Gasteiger partial charge in [-0.25, -0.2) is 0 Å². The first-order valence-corrected chi connectivity index (χ1v) is 1.90. The second-order valence-electron chi connectivity index (χ2n) is 0.247. The van der Waals surface area contributed by atoms with Crippen LogP contribution in [0.25, 0.3) is 0 Å². The van der Waals surface area contributed by atoms with Crippen molar-refractivity contribution >= 4 is 0 Å². The van der Waals surface area contributed by atoms with E-state index in [1.807, 2.05) is 0 Å². The maximum atomic E-state index is 7.59. The fourth-order valence-corrected chi connectivity index (χ4v) is 0.0729. The molecular formula is C2FeN2. The summed E-state index contributed by atoms with van der Waals surface area (Å²) in [6.45, 7) is 0. The molecule has 0 saturated heterocycles. The van der Waals surface area contributed by atoms with Gasteiger partial charge in [0.2, 0.25) is 0 Å². The Hall–Kier alpha value is -0.501. The van der Waals surface area contributed by atoms with Crippen LogP contribution in [0.4, 0.5) is 0 Å². The Morgan fingerprint density at radius 3 is 1.60 bits per heavy atom. The molecule has 0 aliphatic heterocycles. The average molecular weight is 108 g/mol. The second kappa shape index (κ2) is 3.50. The molecule has 5 heavy (non-hydrogen) atoms. The summed E-state index contributed by atoms with van der Waals surface area (Å²) in [6.07, 6.45) is 0. The Morgan fingerprint density at radius 2 is 1.60 bits per heavy atom. The molecule has 26 valence electrons. The Morgan fingerprint density at radius 1 is 1.20 bits per heavy atom. The van der Waals surface area contributed by atoms with E-state index in [4.69, 9.17) is 10.5 Å². The summed E-state index contributed by atoms with van der Waals surface area (Å²) >= 11 is 0. The Balaban J connectivity index is 2.86. The van der Waals surface area contributed by atoms with Gasteiger partial charge in [0.05, 0.1) is 0 Å². The van der Waals surface area contributed by atoms with Gasteiger partial charge < -0.3 is 0 Å². The zero-order valence-electron chi connectivity index (χ0n) is 2.25. The van der Waals surface area contributed by atoms with Crippen LogP contribution in [0, 0.1) is 20.5 Å². The van der Waals surface area contributed by atoms with E-state index in [9.17, 15) is 0 Å². The number of nitrogens with zero attached hydrogens (tertiary/aromatic N) is 2. The molecule has 0 fully saturated rings. The monoisotopic (exact) mass is 108 g/mol. The van der Waals surface area contributed by atoms with Gasteiger partial charge in [0.1, 0.15) is 0 Å². The summed E-state index contributed by atoms with van der Waals surface area (Å²) in [4.78, 5) is 3.31. The first kappa shape index (κ1) is 4.50. The van der Waals surface area contributed by atoms with Gasteiger partial charge in [0, 0.05) is 0 Å². The van der Waals surface area contributed by atoms with E-state index in [1.54, 1.807) is 9.94 Å². The van der Waals surface area contributed by atoms with Crippen molar-refractivity contribution < 1.29 is 15.0 Å². The average Bonchev–Trinajstić information content (AvgIpc) is 1.41. The summed E-state index contributed by atoms with van der Waals surface area (Å²) in [5, 5.41) is 15.2. The fraction of sp³-hybridized carbons (Fsp3) is 0. The van der Waals surface area contributed by atoms with Gasteiger partial charge in [-0.05, 0) is 0 Å². The summed E-state index contributed by atoms with van der Waals surface area (Å²) < 4.78 is 0. The number of hydrogen-bond acceptors (Lipinski definition) is 2. The van der Waals surface area contributed by atoms with E-state index >= 15 is 0 Å². The van der Waals surface area contributed by atoms with Crippen molar-refractivity contribution in [1.29, 1.82) is 10.5 Å². The Labute approximate surface area is 36.2 Å². The zero-order valence-corrected chi connectivity index (χ0v) is 3.35. The van der Waals surface area contributed by atoms with Gasteiger partial charge in [0.25, 0.3) is 0 Å². The van der Waals surface area contributed by atoms with Crippen molar-refractivity contribution in [3.8, 4) is 9.94 Å². The van der Waals surface area contributed by atoms with E-state index in [0.29, 0.717) is 0 Å².